The summed E-state index contributed by atoms with van der Waals surface area (Å²) in [5.74, 6) is -0.685. The molecular weight excluding hydrogens is 380 g/mol. The average Bonchev–Trinajstić information content (AvgIpc) is 2.70. The fraction of sp³-hybridized carbons (Fsp3) is 0.400. The maximum atomic E-state index is 12.1. The first-order valence-corrected chi connectivity index (χ1v) is 9.19. The van der Waals surface area contributed by atoms with Crippen LogP contribution in [-0.4, -0.2) is 67.0 Å². The summed E-state index contributed by atoms with van der Waals surface area (Å²) in [7, 11) is 0. The van der Waals surface area contributed by atoms with Crippen LogP contribution in [0.3, 0.4) is 0 Å². The molecular formula is C20H22N2O7. The molecule has 0 N–H and O–H groups in total. The molecule has 1 fully saturated rings. The van der Waals surface area contributed by atoms with Gasteiger partial charge in [0.05, 0.1) is 0 Å². The number of hydrogen-bond donors (Lipinski definition) is 0. The summed E-state index contributed by atoms with van der Waals surface area (Å²) >= 11 is 0. The van der Waals surface area contributed by atoms with Crippen LogP contribution in [-0.2, 0) is 19.1 Å². The van der Waals surface area contributed by atoms with Crippen LogP contribution in [0.1, 0.15) is 12.5 Å². The topological polar surface area (TPSA) is 106 Å². The summed E-state index contributed by atoms with van der Waals surface area (Å²) < 4.78 is 15.5. The summed E-state index contributed by atoms with van der Waals surface area (Å²) in [6, 6.07) is 6.31. The molecule has 0 aliphatic carbocycles. The molecule has 9 heteroatoms. The maximum Gasteiger partial charge on any atom is 0.344 e. The number of aryl methyl sites for hydroxylation is 1. The number of hydrogen-bond acceptors (Lipinski definition) is 7. The van der Waals surface area contributed by atoms with Gasteiger partial charge in [-0.1, -0.05) is 0 Å². The van der Waals surface area contributed by atoms with Crippen molar-refractivity contribution in [2.75, 3.05) is 39.4 Å². The predicted molar refractivity (Wildman–Crippen MR) is 103 cm³/mol. The fourth-order valence-corrected chi connectivity index (χ4v) is 3.08. The van der Waals surface area contributed by atoms with Gasteiger partial charge in [-0.15, -0.1) is 0 Å². The van der Waals surface area contributed by atoms with Crippen molar-refractivity contribution >= 4 is 28.8 Å². The second kappa shape index (κ2) is 8.76. The van der Waals surface area contributed by atoms with Crippen LogP contribution in [0.5, 0.6) is 5.75 Å². The van der Waals surface area contributed by atoms with Crippen molar-refractivity contribution in [3.8, 4) is 5.75 Å². The minimum atomic E-state index is -0.688. The molecule has 0 radical (unpaired) electrons. The molecule has 1 aromatic carbocycles. The van der Waals surface area contributed by atoms with Gasteiger partial charge in [-0.05, 0) is 24.6 Å². The van der Waals surface area contributed by atoms with Gasteiger partial charge in [0.15, 0.2) is 13.2 Å². The fourth-order valence-electron chi connectivity index (χ4n) is 3.08. The molecule has 2 heterocycles. The van der Waals surface area contributed by atoms with Crippen molar-refractivity contribution in [1.29, 1.82) is 0 Å². The number of fused-ring (bicyclic) bond motifs is 1. The zero-order chi connectivity index (χ0) is 21.0. The van der Waals surface area contributed by atoms with Gasteiger partial charge in [-0.25, -0.2) is 9.59 Å². The zero-order valence-electron chi connectivity index (χ0n) is 16.3. The van der Waals surface area contributed by atoms with Gasteiger partial charge >= 0.3 is 11.6 Å². The van der Waals surface area contributed by atoms with E-state index in [1.807, 2.05) is 0 Å². The Bertz CT molecular complexity index is 990. The van der Waals surface area contributed by atoms with Gasteiger partial charge in [0, 0.05) is 50.6 Å². The highest BCUT2D eigenvalue weighted by atomic mass is 16.6. The van der Waals surface area contributed by atoms with E-state index in [0.29, 0.717) is 37.5 Å². The van der Waals surface area contributed by atoms with Crippen molar-refractivity contribution in [2.45, 2.75) is 13.8 Å². The van der Waals surface area contributed by atoms with Crippen LogP contribution in [0, 0.1) is 6.92 Å². The van der Waals surface area contributed by atoms with Gasteiger partial charge in [0.25, 0.3) is 5.91 Å². The molecule has 0 atom stereocenters. The average molecular weight is 402 g/mol. The van der Waals surface area contributed by atoms with Gasteiger partial charge in [-0.3, -0.25) is 9.59 Å². The van der Waals surface area contributed by atoms with E-state index in [1.54, 1.807) is 28.9 Å². The third kappa shape index (κ3) is 5.13. The Morgan fingerprint density at radius 3 is 2.41 bits per heavy atom. The Balaban J connectivity index is 1.46. The molecule has 2 amide bonds. The van der Waals surface area contributed by atoms with Gasteiger partial charge in [0.1, 0.15) is 11.3 Å². The lowest BCUT2D eigenvalue weighted by Gasteiger charge is -2.34. The monoisotopic (exact) mass is 402 g/mol. The minimum absolute atomic E-state index is 0.0243. The Labute approximate surface area is 166 Å². The first-order valence-electron chi connectivity index (χ1n) is 9.19. The third-order valence-corrected chi connectivity index (χ3v) is 4.71. The maximum absolute atomic E-state index is 12.1. The van der Waals surface area contributed by atoms with Crippen molar-refractivity contribution in [3.05, 3.63) is 40.2 Å². The van der Waals surface area contributed by atoms with E-state index in [1.165, 1.54) is 19.1 Å². The highest BCUT2D eigenvalue weighted by Crippen LogP contribution is 2.22. The number of carbonyl (C=O) groups excluding carboxylic acids is 3. The summed E-state index contributed by atoms with van der Waals surface area (Å²) in [5.41, 5.74) is 0.680. The molecule has 0 unspecified atom stereocenters. The first kappa shape index (κ1) is 20.4. The number of piperazine rings is 1. The number of esters is 1. The number of benzene rings is 1. The molecule has 0 saturated carbocycles. The second-order valence-electron chi connectivity index (χ2n) is 6.74. The van der Waals surface area contributed by atoms with Crippen LogP contribution in [0.4, 0.5) is 0 Å². The standard InChI is InChI=1S/C20H22N2O7/c1-13-9-19(25)29-17-10-15(3-4-16(13)17)27-12-20(26)28-11-18(24)22-7-5-21(6-8-22)14(2)23/h3-4,9-10H,5-8,11-12H2,1-2H3. The van der Waals surface area contributed by atoms with E-state index in [4.69, 9.17) is 13.9 Å². The molecule has 1 aliphatic rings. The Hall–Kier alpha value is -3.36. The van der Waals surface area contributed by atoms with Gasteiger partial charge in [0.2, 0.25) is 5.91 Å². The summed E-state index contributed by atoms with van der Waals surface area (Å²) in [4.78, 5) is 50.0. The minimum Gasteiger partial charge on any atom is -0.482 e. The van der Waals surface area contributed by atoms with Crippen molar-refractivity contribution in [3.63, 3.8) is 0 Å². The normalized spacial score (nSPS) is 14.0. The highest BCUT2D eigenvalue weighted by molar-refractivity contribution is 5.82. The van der Waals surface area contributed by atoms with E-state index >= 15 is 0 Å². The van der Waals surface area contributed by atoms with Crippen molar-refractivity contribution < 1.29 is 28.3 Å². The van der Waals surface area contributed by atoms with E-state index in [0.717, 1.165) is 10.9 Å². The summed E-state index contributed by atoms with van der Waals surface area (Å²) in [6.07, 6.45) is 0. The molecule has 29 heavy (non-hydrogen) atoms. The zero-order valence-corrected chi connectivity index (χ0v) is 16.3. The smallest absolute Gasteiger partial charge is 0.344 e. The second-order valence-corrected chi connectivity index (χ2v) is 6.74. The molecule has 9 nitrogen and oxygen atoms in total. The lowest BCUT2D eigenvalue weighted by Crippen LogP contribution is -2.51. The van der Waals surface area contributed by atoms with E-state index in [2.05, 4.69) is 0 Å². The van der Waals surface area contributed by atoms with Gasteiger partial charge < -0.3 is 23.7 Å². The predicted octanol–water partition coefficient (Wildman–Crippen LogP) is 0.714. The van der Waals surface area contributed by atoms with Crippen LogP contribution in [0.2, 0.25) is 0 Å². The van der Waals surface area contributed by atoms with E-state index < -0.39 is 11.6 Å². The molecule has 154 valence electrons. The lowest BCUT2D eigenvalue weighted by molar-refractivity contribution is -0.154. The Morgan fingerprint density at radius 1 is 1.03 bits per heavy atom. The lowest BCUT2D eigenvalue weighted by atomic mass is 10.1. The Kier molecular flexibility index (Phi) is 6.16. The van der Waals surface area contributed by atoms with Crippen molar-refractivity contribution in [1.82, 2.24) is 9.80 Å². The molecule has 1 aliphatic heterocycles. The SMILES string of the molecule is CC(=O)N1CCN(C(=O)COC(=O)COc2ccc3c(C)cc(=O)oc3c2)CC1. The Morgan fingerprint density at radius 2 is 1.72 bits per heavy atom. The number of rotatable bonds is 5. The summed E-state index contributed by atoms with van der Waals surface area (Å²) in [5, 5.41) is 0.773. The van der Waals surface area contributed by atoms with E-state index in [-0.39, 0.29) is 25.0 Å². The quantitative estimate of drug-likeness (QED) is 0.536. The molecule has 1 saturated heterocycles. The van der Waals surface area contributed by atoms with Crippen LogP contribution < -0.4 is 10.4 Å². The van der Waals surface area contributed by atoms with Crippen LogP contribution in [0.25, 0.3) is 11.0 Å². The van der Waals surface area contributed by atoms with Crippen molar-refractivity contribution in [2.24, 2.45) is 0 Å². The highest BCUT2D eigenvalue weighted by Gasteiger charge is 2.23. The third-order valence-electron chi connectivity index (χ3n) is 4.71. The van der Waals surface area contributed by atoms with E-state index in [9.17, 15) is 19.2 Å². The van der Waals surface area contributed by atoms with Crippen LogP contribution in [0.15, 0.2) is 33.5 Å². The molecule has 0 bridgehead atoms. The molecule has 2 aromatic rings. The molecule has 1 aromatic heterocycles. The molecule has 3 rings (SSSR count). The summed E-state index contributed by atoms with van der Waals surface area (Å²) in [6.45, 7) is 4.28. The van der Waals surface area contributed by atoms with Gasteiger partial charge in [-0.2, -0.15) is 0 Å². The van der Waals surface area contributed by atoms with Crippen LogP contribution >= 0.6 is 0 Å². The number of ether oxygens (including phenoxy) is 2. The largest absolute Gasteiger partial charge is 0.482 e. The number of nitrogens with zero attached hydrogens (tertiary/aromatic N) is 2. The molecule has 0 spiro atoms. The number of amides is 2. The number of carbonyl (C=O) groups is 3. The first-order chi connectivity index (χ1) is 13.8.